The van der Waals surface area contributed by atoms with Crippen LogP contribution >= 0.6 is 0 Å². The Hall–Kier alpha value is -3.84. The molecule has 1 aromatic heterocycles. The molecule has 1 aliphatic heterocycles. The molecule has 7 heteroatoms. The molecular weight excluding hydrogens is 460 g/mol. The van der Waals surface area contributed by atoms with Crippen molar-refractivity contribution in [3.8, 4) is 11.1 Å². The van der Waals surface area contributed by atoms with Gasteiger partial charge in [-0.25, -0.2) is 4.98 Å². The van der Waals surface area contributed by atoms with E-state index in [2.05, 4.69) is 76.8 Å². The molecule has 1 amide bonds. The van der Waals surface area contributed by atoms with Crippen LogP contribution < -0.4 is 10.6 Å². The number of hydrogen-bond acceptors (Lipinski definition) is 6. The molecule has 7 nitrogen and oxygen atoms in total. The number of anilines is 2. The third kappa shape index (κ3) is 5.78. The second-order valence-corrected chi connectivity index (χ2v) is 9.92. The number of hydrogen-bond donors (Lipinski definition) is 2. The minimum absolute atomic E-state index is 0. The van der Waals surface area contributed by atoms with Crippen LogP contribution in [0, 0.1) is 20.8 Å². The lowest BCUT2D eigenvalue weighted by Crippen LogP contribution is -2.37. The predicted molar refractivity (Wildman–Crippen MR) is 154 cm³/mol. The van der Waals surface area contributed by atoms with Crippen molar-refractivity contribution in [1.82, 2.24) is 25.4 Å². The van der Waals surface area contributed by atoms with Gasteiger partial charge in [-0.05, 0) is 111 Å². The molecule has 1 fully saturated rings. The second kappa shape index (κ2) is 11.0. The molecule has 1 aliphatic rings. The first kappa shape index (κ1) is 24.8. The standard InChI is InChI=1S/C30H34N6O.2H2/c1-20-8-7-9-21(2)27(20)24-18-22(3)28-26(19-24)34-35-30(33-28)32-25-12-10-23(11-13-25)29(37)31-14-17-36-15-5-4-6-16-36;;/h7-13,18-19H,4-6,14-17H2,1-3H3,(H,31,37)(H,32,33,35);2*1H. The highest BCUT2D eigenvalue weighted by Gasteiger charge is 2.13. The van der Waals surface area contributed by atoms with Crippen molar-refractivity contribution in [3.63, 3.8) is 0 Å². The summed E-state index contributed by atoms with van der Waals surface area (Å²) in [6, 6.07) is 17.9. The molecule has 3 aromatic carbocycles. The van der Waals surface area contributed by atoms with Crippen LogP contribution in [-0.2, 0) is 0 Å². The number of nitrogens with zero attached hydrogens (tertiary/aromatic N) is 4. The van der Waals surface area contributed by atoms with E-state index in [9.17, 15) is 4.79 Å². The number of nitrogens with one attached hydrogen (secondary N) is 2. The van der Waals surface area contributed by atoms with E-state index in [-0.39, 0.29) is 8.76 Å². The molecule has 0 radical (unpaired) electrons. The molecule has 1 saturated heterocycles. The first-order valence-corrected chi connectivity index (χ1v) is 13.1. The lowest BCUT2D eigenvalue weighted by molar-refractivity contribution is 0.0946. The number of aryl methyl sites for hydroxylation is 3. The Balaban J connectivity index is 0.00000210. The zero-order valence-electron chi connectivity index (χ0n) is 21.8. The number of aromatic nitrogens is 3. The average Bonchev–Trinajstić information content (AvgIpc) is 2.90. The quantitative estimate of drug-likeness (QED) is 0.322. The predicted octanol–water partition coefficient (Wildman–Crippen LogP) is 6.07. The Kier molecular flexibility index (Phi) is 7.42. The number of carbonyl (C=O) groups is 1. The average molecular weight is 499 g/mol. The molecule has 0 aliphatic carbocycles. The van der Waals surface area contributed by atoms with Crippen molar-refractivity contribution in [3.05, 3.63) is 76.9 Å². The molecule has 4 aromatic rings. The molecular formula is C30H38N6O. The SMILES string of the molecule is Cc1cccc(C)c1-c1cc(C)c2nc(Nc3ccc(C(=O)NCCN4CCCCC4)cc3)nnc2c1.[HH].[HH]. The van der Waals surface area contributed by atoms with Crippen molar-refractivity contribution >= 4 is 28.6 Å². The van der Waals surface area contributed by atoms with Crippen LogP contribution in [0.3, 0.4) is 0 Å². The summed E-state index contributed by atoms with van der Waals surface area (Å²) in [5, 5.41) is 15.0. The highest BCUT2D eigenvalue weighted by atomic mass is 16.1. The minimum Gasteiger partial charge on any atom is -0.351 e. The third-order valence-electron chi connectivity index (χ3n) is 7.09. The number of piperidine rings is 1. The molecule has 0 spiro atoms. The summed E-state index contributed by atoms with van der Waals surface area (Å²) < 4.78 is 0. The van der Waals surface area contributed by atoms with E-state index in [1.165, 1.54) is 36.0 Å². The van der Waals surface area contributed by atoms with Gasteiger partial charge in [-0.2, -0.15) is 0 Å². The van der Waals surface area contributed by atoms with Gasteiger partial charge in [-0.15, -0.1) is 10.2 Å². The Morgan fingerprint density at radius 1 is 0.919 bits per heavy atom. The van der Waals surface area contributed by atoms with Crippen molar-refractivity contribution in [2.24, 2.45) is 0 Å². The molecule has 0 bridgehead atoms. The van der Waals surface area contributed by atoms with Gasteiger partial charge in [0.05, 0.1) is 5.52 Å². The topological polar surface area (TPSA) is 83.0 Å². The van der Waals surface area contributed by atoms with E-state index in [0.717, 1.165) is 47.5 Å². The third-order valence-corrected chi connectivity index (χ3v) is 7.09. The van der Waals surface area contributed by atoms with E-state index in [4.69, 9.17) is 4.98 Å². The summed E-state index contributed by atoms with van der Waals surface area (Å²) in [6.45, 7) is 10.1. The number of benzene rings is 3. The van der Waals surface area contributed by atoms with E-state index in [0.29, 0.717) is 18.1 Å². The smallest absolute Gasteiger partial charge is 0.251 e. The molecule has 5 rings (SSSR count). The minimum atomic E-state index is -0.0532. The monoisotopic (exact) mass is 498 g/mol. The largest absolute Gasteiger partial charge is 0.351 e. The second-order valence-electron chi connectivity index (χ2n) is 9.92. The fraction of sp³-hybridized carbons (Fsp3) is 0.333. The Morgan fingerprint density at radius 2 is 1.65 bits per heavy atom. The molecule has 0 saturated carbocycles. The van der Waals surface area contributed by atoms with Gasteiger partial charge in [0, 0.05) is 27.2 Å². The van der Waals surface area contributed by atoms with Crippen LogP contribution in [0.15, 0.2) is 54.6 Å². The maximum absolute atomic E-state index is 12.5. The van der Waals surface area contributed by atoms with Crippen LogP contribution in [-0.4, -0.2) is 52.2 Å². The van der Waals surface area contributed by atoms with E-state index < -0.39 is 0 Å². The molecule has 194 valence electrons. The normalized spacial score (nSPS) is 14.0. The van der Waals surface area contributed by atoms with Crippen molar-refractivity contribution in [1.29, 1.82) is 0 Å². The highest BCUT2D eigenvalue weighted by Crippen LogP contribution is 2.31. The number of carbonyl (C=O) groups excluding carboxylic acids is 1. The van der Waals surface area contributed by atoms with Crippen LogP contribution in [0.25, 0.3) is 22.2 Å². The zero-order valence-corrected chi connectivity index (χ0v) is 21.8. The number of amides is 1. The van der Waals surface area contributed by atoms with Gasteiger partial charge >= 0.3 is 0 Å². The fourth-order valence-corrected chi connectivity index (χ4v) is 5.13. The van der Waals surface area contributed by atoms with E-state index in [1.807, 2.05) is 24.3 Å². The molecule has 0 atom stereocenters. The van der Waals surface area contributed by atoms with Crippen LogP contribution in [0.2, 0.25) is 0 Å². The molecule has 37 heavy (non-hydrogen) atoms. The van der Waals surface area contributed by atoms with Crippen LogP contribution in [0.4, 0.5) is 11.6 Å². The van der Waals surface area contributed by atoms with Crippen molar-refractivity contribution in [2.45, 2.75) is 40.0 Å². The fourth-order valence-electron chi connectivity index (χ4n) is 5.13. The lowest BCUT2D eigenvalue weighted by Gasteiger charge is -2.26. The maximum atomic E-state index is 12.5. The zero-order chi connectivity index (χ0) is 25.8. The van der Waals surface area contributed by atoms with Crippen LogP contribution in [0.5, 0.6) is 0 Å². The van der Waals surface area contributed by atoms with Gasteiger partial charge in [0.1, 0.15) is 5.52 Å². The Labute approximate surface area is 221 Å². The summed E-state index contributed by atoms with van der Waals surface area (Å²) in [7, 11) is 0. The summed E-state index contributed by atoms with van der Waals surface area (Å²) in [6.07, 6.45) is 3.83. The number of rotatable bonds is 7. The van der Waals surface area contributed by atoms with Gasteiger partial charge < -0.3 is 15.5 Å². The lowest BCUT2D eigenvalue weighted by atomic mass is 9.94. The van der Waals surface area contributed by atoms with Crippen molar-refractivity contribution in [2.75, 3.05) is 31.5 Å². The Morgan fingerprint density at radius 3 is 2.38 bits per heavy atom. The van der Waals surface area contributed by atoms with Gasteiger partial charge in [0.15, 0.2) is 0 Å². The van der Waals surface area contributed by atoms with Gasteiger partial charge in [-0.3, -0.25) is 4.79 Å². The summed E-state index contributed by atoms with van der Waals surface area (Å²) in [5.74, 6) is 0.372. The van der Waals surface area contributed by atoms with E-state index >= 15 is 0 Å². The van der Waals surface area contributed by atoms with Gasteiger partial charge in [0.25, 0.3) is 5.91 Å². The molecule has 2 N–H and O–H groups in total. The first-order valence-electron chi connectivity index (χ1n) is 13.1. The van der Waals surface area contributed by atoms with Gasteiger partial charge in [-0.1, -0.05) is 24.6 Å². The summed E-state index contributed by atoms with van der Waals surface area (Å²) in [4.78, 5) is 19.7. The summed E-state index contributed by atoms with van der Waals surface area (Å²) >= 11 is 0. The molecule has 2 heterocycles. The summed E-state index contributed by atoms with van der Waals surface area (Å²) in [5.41, 5.74) is 8.89. The number of likely N-dealkylation sites (tertiary alicyclic amines) is 1. The maximum Gasteiger partial charge on any atom is 0.251 e. The van der Waals surface area contributed by atoms with Gasteiger partial charge in [0.2, 0.25) is 5.95 Å². The Bertz CT molecular complexity index is 1400. The molecule has 0 unspecified atom stereocenters. The van der Waals surface area contributed by atoms with Crippen LogP contribution in [0.1, 0.15) is 49.2 Å². The highest BCUT2D eigenvalue weighted by molar-refractivity contribution is 5.94. The van der Waals surface area contributed by atoms with Crippen molar-refractivity contribution < 1.29 is 7.65 Å². The number of fused-ring (bicyclic) bond motifs is 1. The van der Waals surface area contributed by atoms with E-state index in [1.54, 1.807) is 0 Å². The first-order chi connectivity index (χ1) is 18.0.